The molecule has 21 atom stereocenters. The highest BCUT2D eigenvalue weighted by Crippen LogP contribution is 2.33. The van der Waals surface area contributed by atoms with Crippen LogP contribution in [0.4, 0.5) is 0 Å². The second kappa shape index (κ2) is 24.8. The van der Waals surface area contributed by atoms with Crippen LogP contribution in [-0.2, 0) is 23.7 Å². The molecule has 10 N–H and O–H groups in total. The lowest BCUT2D eigenvalue weighted by Gasteiger charge is -2.42. The van der Waals surface area contributed by atoms with Crippen LogP contribution in [-0.4, -0.2) is 149 Å². The average molecular weight is 885 g/mol. The SMILES string of the molecule is CCC(C)C(O)C(C)/C=C(\C)C(O)C(C)/C=C(\C)[C@@H](O)[C@@H](C)/C=C(\C)[C@@H](O[C@H]1O[C@@H](C)[C@H](O)[C@@H](O)[C@H]1O)[C@@H](C)/C=C(\C)[C@@H](O[C@@H]1O[C@H](C)[C@@H](O)[C@H](O)[C@@H]1O)[C@@H](C)/C=C(\C)C(=O)O. The summed E-state index contributed by atoms with van der Waals surface area (Å²) in [4.78, 5) is 11.8. The first kappa shape index (κ1) is 55.8. The first-order valence-electron chi connectivity index (χ1n) is 22.1. The Balaban J connectivity index is 2.55. The van der Waals surface area contributed by atoms with Gasteiger partial charge in [-0.2, -0.15) is 0 Å². The molecular weight excluding hydrogens is 805 g/mol. The Morgan fingerprint density at radius 2 is 0.871 bits per heavy atom. The van der Waals surface area contributed by atoms with Gasteiger partial charge in [0.2, 0.25) is 0 Å². The summed E-state index contributed by atoms with van der Waals surface area (Å²) < 4.78 is 24.3. The van der Waals surface area contributed by atoms with Crippen LogP contribution in [0.2, 0.25) is 0 Å². The molecule has 15 heteroatoms. The standard InChI is InChI=1S/C47H80O15/c1-15-21(2)34(48)22(3)16-23(4)35(49)24(5)17-25(6)36(50)26(7)18-27(8)43(61-46-41(55)39(53)37(51)32(13)59-46)28(9)19-29(10)44(30(11)20-31(12)45(57)58)62-47-42(56)40(54)38(52)33(14)60-47/h16-22,24,26,28,30,32-44,46-56H,15H2,1-14H3,(H,57,58)/b23-16+,25-17+,27-18+,29-19+,31-20+/t21?,22?,24?,26-,28-,30-,32-,33+,34?,35?,36+,37-,38+,39+,40-,41+,42-,43+,44+,46+,47-/m0/s1. The summed E-state index contributed by atoms with van der Waals surface area (Å²) in [6.45, 7) is 24.7. The Hall–Kier alpha value is -2.35. The Bertz CT molecular complexity index is 1570. The number of aliphatic hydroxyl groups excluding tert-OH is 9. The smallest absolute Gasteiger partial charge is 0.330 e. The van der Waals surface area contributed by atoms with Gasteiger partial charge in [0.1, 0.15) is 36.6 Å². The van der Waals surface area contributed by atoms with Crippen LogP contribution in [0.15, 0.2) is 58.2 Å². The maximum atomic E-state index is 11.8. The molecule has 2 aliphatic heterocycles. The highest BCUT2D eigenvalue weighted by atomic mass is 16.7. The van der Waals surface area contributed by atoms with E-state index in [1.165, 1.54) is 26.8 Å². The Kier molecular flexibility index (Phi) is 22.3. The van der Waals surface area contributed by atoms with Gasteiger partial charge < -0.3 is 70.0 Å². The monoisotopic (exact) mass is 885 g/mol. The third-order valence-corrected chi connectivity index (χ3v) is 12.7. The molecule has 62 heavy (non-hydrogen) atoms. The highest BCUT2D eigenvalue weighted by Gasteiger charge is 2.45. The number of aliphatic carboxylic acids is 1. The van der Waals surface area contributed by atoms with Crippen molar-refractivity contribution in [1.82, 2.24) is 0 Å². The van der Waals surface area contributed by atoms with E-state index in [1.807, 2.05) is 66.7 Å². The van der Waals surface area contributed by atoms with Crippen LogP contribution < -0.4 is 0 Å². The molecular formula is C47H80O15. The largest absolute Gasteiger partial charge is 0.478 e. The van der Waals surface area contributed by atoms with E-state index >= 15 is 0 Å². The molecule has 15 nitrogen and oxygen atoms in total. The summed E-state index contributed by atoms with van der Waals surface area (Å²) in [6, 6.07) is 0. The summed E-state index contributed by atoms with van der Waals surface area (Å²) in [5.74, 6) is -3.25. The van der Waals surface area contributed by atoms with E-state index in [4.69, 9.17) is 18.9 Å². The van der Waals surface area contributed by atoms with Crippen LogP contribution in [0.25, 0.3) is 0 Å². The second-order valence-electron chi connectivity index (χ2n) is 18.3. The number of carboxylic acids is 1. The summed E-state index contributed by atoms with van der Waals surface area (Å²) in [7, 11) is 0. The van der Waals surface area contributed by atoms with Gasteiger partial charge in [0.05, 0.1) is 42.7 Å². The summed E-state index contributed by atoms with van der Waals surface area (Å²) in [6.07, 6.45) is -8.25. The topological polar surface area (TPSA) is 256 Å². The van der Waals surface area contributed by atoms with Crippen molar-refractivity contribution < 1.29 is 74.8 Å². The molecule has 0 aliphatic carbocycles. The molecule has 2 heterocycles. The van der Waals surface area contributed by atoms with Crippen molar-refractivity contribution in [1.29, 1.82) is 0 Å². The van der Waals surface area contributed by atoms with E-state index in [0.717, 1.165) is 12.0 Å². The minimum Gasteiger partial charge on any atom is -0.478 e. The quantitative estimate of drug-likeness (QED) is 0.0585. The molecule has 0 aromatic carbocycles. The molecule has 2 aliphatic rings. The minimum absolute atomic E-state index is 0.0399. The van der Waals surface area contributed by atoms with Crippen LogP contribution in [0.5, 0.6) is 0 Å². The Labute approximate surface area is 369 Å². The maximum absolute atomic E-state index is 11.8. The molecule has 0 spiro atoms. The fourth-order valence-corrected chi connectivity index (χ4v) is 8.39. The van der Waals surface area contributed by atoms with Crippen molar-refractivity contribution in [3.05, 3.63) is 58.2 Å². The lowest BCUT2D eigenvalue weighted by molar-refractivity contribution is -0.303. The number of hydrogen-bond donors (Lipinski definition) is 10. The molecule has 5 unspecified atom stereocenters. The average Bonchev–Trinajstić information content (AvgIpc) is 3.21. The number of carboxylic acid groups (broad SMARTS) is 1. The molecule has 2 rings (SSSR count). The first-order valence-corrected chi connectivity index (χ1v) is 22.1. The number of ether oxygens (including phenoxy) is 4. The van der Waals surface area contributed by atoms with Crippen molar-refractivity contribution in [2.24, 2.45) is 35.5 Å². The Morgan fingerprint density at radius 3 is 1.24 bits per heavy atom. The third-order valence-electron chi connectivity index (χ3n) is 12.7. The van der Waals surface area contributed by atoms with Crippen molar-refractivity contribution in [2.75, 3.05) is 0 Å². The van der Waals surface area contributed by atoms with Crippen molar-refractivity contribution in [2.45, 2.75) is 195 Å². The maximum Gasteiger partial charge on any atom is 0.330 e. The van der Waals surface area contributed by atoms with E-state index < -0.39 is 116 Å². The molecule has 0 saturated carbocycles. The molecule has 0 amide bonds. The Morgan fingerprint density at radius 1 is 0.532 bits per heavy atom. The predicted octanol–water partition coefficient (Wildman–Crippen LogP) is 3.54. The molecule has 0 radical (unpaired) electrons. The van der Waals surface area contributed by atoms with Gasteiger partial charge in [-0.25, -0.2) is 4.79 Å². The minimum atomic E-state index is -1.63. The fourth-order valence-electron chi connectivity index (χ4n) is 8.39. The van der Waals surface area contributed by atoms with E-state index in [1.54, 1.807) is 33.8 Å². The van der Waals surface area contributed by atoms with Gasteiger partial charge in [0.25, 0.3) is 0 Å². The van der Waals surface area contributed by atoms with Crippen LogP contribution in [0.1, 0.15) is 103 Å². The fraction of sp³-hybridized carbons (Fsp3) is 0.766. The van der Waals surface area contributed by atoms with E-state index in [9.17, 15) is 55.9 Å². The highest BCUT2D eigenvalue weighted by molar-refractivity contribution is 5.85. The van der Waals surface area contributed by atoms with Crippen molar-refractivity contribution in [3.8, 4) is 0 Å². The van der Waals surface area contributed by atoms with Gasteiger partial charge in [-0.1, -0.05) is 85.3 Å². The van der Waals surface area contributed by atoms with Gasteiger partial charge in [-0.05, 0) is 76.7 Å². The molecule has 358 valence electrons. The number of aliphatic hydroxyl groups is 9. The summed E-state index contributed by atoms with van der Waals surface area (Å²) in [5.41, 5.74) is 2.53. The van der Waals surface area contributed by atoms with E-state index in [-0.39, 0.29) is 23.3 Å². The number of hydrogen-bond acceptors (Lipinski definition) is 14. The normalized spacial score (nSPS) is 34.0. The van der Waals surface area contributed by atoms with Crippen molar-refractivity contribution >= 4 is 5.97 Å². The third kappa shape index (κ3) is 14.8. The van der Waals surface area contributed by atoms with Crippen LogP contribution in [0, 0.1) is 35.5 Å². The zero-order valence-corrected chi connectivity index (χ0v) is 39.2. The van der Waals surface area contributed by atoms with Crippen LogP contribution >= 0.6 is 0 Å². The van der Waals surface area contributed by atoms with Gasteiger partial charge in [-0.15, -0.1) is 0 Å². The van der Waals surface area contributed by atoms with Gasteiger partial charge in [0.15, 0.2) is 12.6 Å². The van der Waals surface area contributed by atoms with Crippen molar-refractivity contribution in [3.63, 3.8) is 0 Å². The van der Waals surface area contributed by atoms with E-state index in [0.29, 0.717) is 16.7 Å². The molecule has 0 bridgehead atoms. The van der Waals surface area contributed by atoms with Crippen LogP contribution in [0.3, 0.4) is 0 Å². The summed E-state index contributed by atoms with van der Waals surface area (Å²) >= 11 is 0. The molecule has 0 aromatic heterocycles. The second-order valence-corrected chi connectivity index (χ2v) is 18.3. The zero-order valence-electron chi connectivity index (χ0n) is 39.2. The first-order chi connectivity index (χ1) is 28.7. The zero-order chi connectivity index (χ0) is 47.7. The molecule has 2 fully saturated rings. The van der Waals surface area contributed by atoms with Gasteiger partial charge in [0, 0.05) is 35.2 Å². The number of carbonyl (C=O) groups is 1. The lowest BCUT2D eigenvalue weighted by Crippen LogP contribution is -2.58. The number of rotatable bonds is 21. The molecule has 2 saturated heterocycles. The predicted molar refractivity (Wildman–Crippen MR) is 234 cm³/mol. The van der Waals surface area contributed by atoms with Gasteiger partial charge >= 0.3 is 5.97 Å². The lowest BCUT2D eigenvalue weighted by atomic mass is 9.86. The van der Waals surface area contributed by atoms with Gasteiger partial charge in [-0.3, -0.25) is 0 Å². The summed E-state index contributed by atoms with van der Waals surface area (Å²) in [5, 5.41) is 107. The van der Waals surface area contributed by atoms with E-state index in [2.05, 4.69) is 0 Å². The molecule has 0 aromatic rings.